The number of carbonyl (C=O) groups is 1. The minimum absolute atomic E-state index is 0.0270. The van der Waals surface area contributed by atoms with Crippen LogP contribution in [0.4, 0.5) is 0 Å². The Hall–Kier alpha value is -2.35. The third-order valence-corrected chi connectivity index (χ3v) is 3.35. The van der Waals surface area contributed by atoms with Crippen LogP contribution in [0.25, 0.3) is 6.08 Å². The van der Waals surface area contributed by atoms with Crippen LogP contribution in [-0.4, -0.2) is 5.91 Å². The largest absolute Gasteiger partial charge is 0.345 e. The Kier molecular flexibility index (Phi) is 5.33. The van der Waals surface area contributed by atoms with E-state index in [0.717, 1.165) is 11.1 Å². The molecule has 1 amide bonds. The van der Waals surface area contributed by atoms with E-state index in [1.165, 1.54) is 0 Å². The molecule has 2 aromatic rings. The normalized spacial score (nSPS) is 12.5. The van der Waals surface area contributed by atoms with Crippen molar-refractivity contribution in [1.82, 2.24) is 5.32 Å². The molecule has 0 bridgehead atoms. The molecular weight excluding hydrogens is 258 g/mol. The van der Waals surface area contributed by atoms with Gasteiger partial charge in [-0.25, -0.2) is 0 Å². The number of nitrogens with one attached hydrogen (secondary N) is 1. The number of benzene rings is 2. The number of hydrogen-bond acceptors (Lipinski definition) is 1. The van der Waals surface area contributed by atoms with Gasteiger partial charge in [-0.2, -0.15) is 0 Å². The quantitative estimate of drug-likeness (QED) is 0.816. The fourth-order valence-corrected chi connectivity index (χ4v) is 2.23. The van der Waals surface area contributed by atoms with Gasteiger partial charge in [-0.05, 0) is 23.1 Å². The zero-order valence-corrected chi connectivity index (χ0v) is 12.5. The molecule has 0 aliphatic heterocycles. The molecule has 2 nitrogen and oxygen atoms in total. The van der Waals surface area contributed by atoms with Crippen molar-refractivity contribution in [2.24, 2.45) is 5.92 Å². The molecule has 0 aromatic heterocycles. The summed E-state index contributed by atoms with van der Waals surface area (Å²) in [5.74, 6) is 0.267. The lowest BCUT2D eigenvalue weighted by Crippen LogP contribution is -2.30. The van der Waals surface area contributed by atoms with Crippen molar-refractivity contribution in [3.8, 4) is 0 Å². The molecule has 0 radical (unpaired) electrons. The Morgan fingerprint density at radius 3 is 2.10 bits per heavy atom. The van der Waals surface area contributed by atoms with Gasteiger partial charge < -0.3 is 5.32 Å². The average Bonchev–Trinajstić information content (AvgIpc) is 2.52. The Balaban J connectivity index is 2.04. The first-order chi connectivity index (χ1) is 10.2. The Morgan fingerprint density at radius 2 is 1.52 bits per heavy atom. The molecule has 0 saturated heterocycles. The third kappa shape index (κ3) is 4.60. The van der Waals surface area contributed by atoms with Gasteiger partial charge in [-0.1, -0.05) is 74.5 Å². The van der Waals surface area contributed by atoms with Crippen LogP contribution in [0.5, 0.6) is 0 Å². The van der Waals surface area contributed by atoms with Crippen molar-refractivity contribution in [3.63, 3.8) is 0 Å². The van der Waals surface area contributed by atoms with E-state index in [-0.39, 0.29) is 11.9 Å². The third-order valence-electron chi connectivity index (χ3n) is 3.35. The fourth-order valence-electron chi connectivity index (χ4n) is 2.23. The number of hydrogen-bond donors (Lipinski definition) is 1. The molecule has 2 aromatic carbocycles. The number of amides is 1. The molecule has 0 saturated carbocycles. The summed E-state index contributed by atoms with van der Waals surface area (Å²) in [6.45, 7) is 4.22. The first kappa shape index (κ1) is 15.0. The summed E-state index contributed by atoms with van der Waals surface area (Å²) < 4.78 is 0. The first-order valence-electron chi connectivity index (χ1n) is 7.25. The van der Waals surface area contributed by atoms with Crippen molar-refractivity contribution in [2.45, 2.75) is 19.9 Å². The molecule has 2 rings (SSSR count). The van der Waals surface area contributed by atoms with Gasteiger partial charge in [0.05, 0.1) is 6.04 Å². The second-order valence-corrected chi connectivity index (χ2v) is 5.38. The molecule has 2 heteroatoms. The summed E-state index contributed by atoms with van der Waals surface area (Å²) >= 11 is 0. The predicted molar refractivity (Wildman–Crippen MR) is 87.6 cm³/mol. The zero-order chi connectivity index (χ0) is 15.1. The van der Waals surface area contributed by atoms with Crippen LogP contribution < -0.4 is 5.32 Å². The van der Waals surface area contributed by atoms with E-state index in [0.29, 0.717) is 5.92 Å². The molecule has 0 aliphatic rings. The molecule has 21 heavy (non-hydrogen) atoms. The van der Waals surface area contributed by atoms with E-state index >= 15 is 0 Å². The summed E-state index contributed by atoms with van der Waals surface area (Å²) in [4.78, 5) is 12.1. The summed E-state index contributed by atoms with van der Waals surface area (Å²) in [7, 11) is 0. The van der Waals surface area contributed by atoms with Gasteiger partial charge in [0.25, 0.3) is 0 Å². The summed E-state index contributed by atoms with van der Waals surface area (Å²) in [6, 6.07) is 19.9. The lowest BCUT2D eigenvalue weighted by atomic mass is 9.96. The Labute approximate surface area is 126 Å². The van der Waals surface area contributed by atoms with Crippen molar-refractivity contribution in [3.05, 3.63) is 77.9 Å². The molecule has 0 aliphatic carbocycles. The molecule has 0 heterocycles. The van der Waals surface area contributed by atoms with Gasteiger partial charge >= 0.3 is 0 Å². The van der Waals surface area contributed by atoms with Crippen molar-refractivity contribution < 1.29 is 4.79 Å². The van der Waals surface area contributed by atoms with Crippen LogP contribution in [0.2, 0.25) is 0 Å². The lowest BCUT2D eigenvalue weighted by Gasteiger charge is -2.22. The van der Waals surface area contributed by atoms with Crippen molar-refractivity contribution in [1.29, 1.82) is 0 Å². The van der Waals surface area contributed by atoms with Gasteiger partial charge in [0.15, 0.2) is 0 Å². The molecule has 108 valence electrons. The average molecular weight is 279 g/mol. The van der Waals surface area contributed by atoms with Crippen molar-refractivity contribution >= 4 is 12.0 Å². The van der Waals surface area contributed by atoms with Gasteiger partial charge in [-0.15, -0.1) is 0 Å². The monoisotopic (exact) mass is 279 g/mol. The highest BCUT2D eigenvalue weighted by molar-refractivity contribution is 5.92. The number of rotatable bonds is 5. The summed E-state index contributed by atoms with van der Waals surface area (Å²) in [5, 5.41) is 3.08. The Morgan fingerprint density at radius 1 is 0.952 bits per heavy atom. The molecule has 1 N–H and O–H groups in total. The number of carbonyl (C=O) groups excluding carboxylic acids is 1. The van der Waals surface area contributed by atoms with Crippen LogP contribution in [0, 0.1) is 5.92 Å². The lowest BCUT2D eigenvalue weighted by molar-refractivity contribution is -0.117. The van der Waals surface area contributed by atoms with Crippen LogP contribution in [0.3, 0.4) is 0 Å². The maximum atomic E-state index is 12.1. The van der Waals surface area contributed by atoms with E-state index in [1.54, 1.807) is 6.08 Å². The second kappa shape index (κ2) is 7.44. The molecular formula is C19H21NO. The standard InChI is InChI=1S/C19H21NO/c1-15(2)19(17-11-7-4-8-12-17)20-18(21)14-13-16-9-5-3-6-10-16/h3-15,19H,1-2H3,(H,20,21)/b14-13+/t19-/m0/s1. The Bertz CT molecular complexity index is 587. The minimum atomic E-state index is -0.0681. The van der Waals surface area contributed by atoms with E-state index in [9.17, 15) is 4.79 Å². The highest BCUT2D eigenvalue weighted by atomic mass is 16.1. The molecule has 0 spiro atoms. The topological polar surface area (TPSA) is 29.1 Å². The molecule has 0 fully saturated rings. The molecule has 0 unspecified atom stereocenters. The van der Waals surface area contributed by atoms with E-state index in [1.807, 2.05) is 66.7 Å². The first-order valence-corrected chi connectivity index (χ1v) is 7.25. The summed E-state index contributed by atoms with van der Waals surface area (Å²) in [6.07, 6.45) is 3.42. The smallest absolute Gasteiger partial charge is 0.244 e. The van der Waals surface area contributed by atoms with Gasteiger partial charge in [0.2, 0.25) is 5.91 Å². The zero-order valence-electron chi connectivity index (χ0n) is 12.5. The minimum Gasteiger partial charge on any atom is -0.345 e. The second-order valence-electron chi connectivity index (χ2n) is 5.38. The van der Waals surface area contributed by atoms with E-state index in [2.05, 4.69) is 19.2 Å². The van der Waals surface area contributed by atoms with E-state index < -0.39 is 0 Å². The van der Waals surface area contributed by atoms with Crippen LogP contribution in [-0.2, 0) is 4.79 Å². The van der Waals surface area contributed by atoms with E-state index in [4.69, 9.17) is 0 Å². The predicted octanol–water partition coefficient (Wildman–Crippen LogP) is 4.21. The van der Waals surface area contributed by atoms with Gasteiger partial charge in [-0.3, -0.25) is 4.79 Å². The van der Waals surface area contributed by atoms with Gasteiger partial charge in [0.1, 0.15) is 0 Å². The van der Waals surface area contributed by atoms with Crippen LogP contribution in [0.15, 0.2) is 66.7 Å². The van der Waals surface area contributed by atoms with Crippen molar-refractivity contribution in [2.75, 3.05) is 0 Å². The fraction of sp³-hybridized carbons (Fsp3) is 0.211. The maximum Gasteiger partial charge on any atom is 0.244 e. The van der Waals surface area contributed by atoms with Gasteiger partial charge in [0, 0.05) is 6.08 Å². The summed E-state index contributed by atoms with van der Waals surface area (Å²) in [5.41, 5.74) is 2.16. The van der Waals surface area contributed by atoms with Crippen LogP contribution >= 0.6 is 0 Å². The molecule has 1 atom stereocenters. The maximum absolute atomic E-state index is 12.1. The highest BCUT2D eigenvalue weighted by Crippen LogP contribution is 2.21. The SMILES string of the molecule is CC(C)[C@H](NC(=O)/C=C/c1ccccc1)c1ccccc1. The van der Waals surface area contributed by atoms with Crippen LogP contribution in [0.1, 0.15) is 31.0 Å². The highest BCUT2D eigenvalue weighted by Gasteiger charge is 2.16.